The van der Waals surface area contributed by atoms with Crippen LogP contribution in [0.2, 0.25) is 5.02 Å². The quantitative estimate of drug-likeness (QED) is 0.669. The highest BCUT2D eigenvalue weighted by Crippen LogP contribution is 2.20. The number of amides is 1. The van der Waals surface area contributed by atoms with E-state index < -0.39 is 11.9 Å². The number of para-hydroxylation sites is 1. The molecule has 0 aliphatic heterocycles. The molecule has 5 heteroatoms. The van der Waals surface area contributed by atoms with E-state index in [0.29, 0.717) is 10.7 Å². The third-order valence-corrected chi connectivity index (χ3v) is 3.28. The van der Waals surface area contributed by atoms with Crippen molar-refractivity contribution in [1.29, 1.82) is 0 Å². The van der Waals surface area contributed by atoms with Crippen molar-refractivity contribution in [3.05, 3.63) is 70.8 Å². The highest BCUT2D eigenvalue weighted by atomic mass is 35.5. The molecule has 0 aromatic heterocycles. The molecular weight excluding hydrogens is 314 g/mol. The Labute approximate surface area is 139 Å². The van der Waals surface area contributed by atoms with Crippen LogP contribution in [0, 0.1) is 6.92 Å². The molecule has 0 radical (unpaired) electrons. The van der Waals surface area contributed by atoms with Crippen LogP contribution >= 0.6 is 11.6 Å². The van der Waals surface area contributed by atoms with Crippen molar-refractivity contribution in [2.45, 2.75) is 6.92 Å². The summed E-state index contributed by atoms with van der Waals surface area (Å²) in [7, 11) is 0. The van der Waals surface area contributed by atoms with Crippen LogP contribution in [0.15, 0.2) is 54.6 Å². The number of halogens is 1. The SMILES string of the molecule is Cc1cccc(/C=C/C(=O)OCC(=O)Nc2ccccc2Cl)c1. The monoisotopic (exact) mass is 329 g/mol. The fraction of sp³-hybridized carbons (Fsp3) is 0.111. The minimum absolute atomic E-state index is 0.373. The summed E-state index contributed by atoms with van der Waals surface area (Å²) >= 11 is 5.93. The number of anilines is 1. The van der Waals surface area contributed by atoms with Crippen LogP contribution in [0.5, 0.6) is 0 Å². The molecule has 1 amide bonds. The second-order valence-corrected chi connectivity index (χ2v) is 5.29. The lowest BCUT2D eigenvalue weighted by atomic mass is 10.1. The van der Waals surface area contributed by atoms with Crippen molar-refractivity contribution in [1.82, 2.24) is 0 Å². The van der Waals surface area contributed by atoms with Gasteiger partial charge in [-0.2, -0.15) is 0 Å². The van der Waals surface area contributed by atoms with Gasteiger partial charge in [-0.15, -0.1) is 0 Å². The number of ether oxygens (including phenoxy) is 1. The Kier molecular flexibility index (Phi) is 5.94. The molecule has 118 valence electrons. The van der Waals surface area contributed by atoms with Crippen molar-refractivity contribution in [3.63, 3.8) is 0 Å². The predicted octanol–water partition coefficient (Wildman–Crippen LogP) is 3.84. The Balaban J connectivity index is 1.82. The van der Waals surface area contributed by atoms with Crippen molar-refractivity contribution < 1.29 is 14.3 Å². The molecule has 0 aliphatic carbocycles. The van der Waals surface area contributed by atoms with Crippen LogP contribution in [-0.4, -0.2) is 18.5 Å². The Bertz CT molecular complexity index is 741. The number of benzene rings is 2. The van der Waals surface area contributed by atoms with Gasteiger partial charge < -0.3 is 10.1 Å². The average Bonchev–Trinajstić information content (AvgIpc) is 2.53. The molecule has 0 saturated carbocycles. The van der Waals surface area contributed by atoms with Crippen molar-refractivity contribution in [3.8, 4) is 0 Å². The van der Waals surface area contributed by atoms with Gasteiger partial charge in [0, 0.05) is 6.08 Å². The van der Waals surface area contributed by atoms with Crippen LogP contribution in [0.1, 0.15) is 11.1 Å². The van der Waals surface area contributed by atoms with Gasteiger partial charge in [-0.1, -0.05) is 53.6 Å². The molecule has 0 saturated heterocycles. The first-order chi connectivity index (χ1) is 11.0. The molecular formula is C18H16ClNO3. The minimum atomic E-state index is -0.583. The van der Waals surface area contributed by atoms with Gasteiger partial charge in [0.25, 0.3) is 5.91 Å². The van der Waals surface area contributed by atoms with Gasteiger partial charge in [-0.25, -0.2) is 4.79 Å². The van der Waals surface area contributed by atoms with E-state index in [0.717, 1.165) is 11.1 Å². The number of nitrogens with one attached hydrogen (secondary N) is 1. The summed E-state index contributed by atoms with van der Waals surface area (Å²) in [6, 6.07) is 14.5. The first kappa shape index (κ1) is 16.8. The predicted molar refractivity (Wildman–Crippen MR) is 91.3 cm³/mol. The lowest BCUT2D eigenvalue weighted by molar-refractivity contribution is -0.142. The van der Waals surface area contributed by atoms with Gasteiger partial charge in [0.1, 0.15) is 0 Å². The van der Waals surface area contributed by atoms with E-state index >= 15 is 0 Å². The summed E-state index contributed by atoms with van der Waals surface area (Å²) in [5.41, 5.74) is 2.47. The Morgan fingerprint density at radius 1 is 1.17 bits per heavy atom. The Morgan fingerprint density at radius 3 is 2.70 bits per heavy atom. The molecule has 2 aromatic rings. The highest BCUT2D eigenvalue weighted by Gasteiger charge is 2.07. The maximum absolute atomic E-state index is 11.7. The summed E-state index contributed by atoms with van der Waals surface area (Å²) in [4.78, 5) is 23.3. The molecule has 0 bridgehead atoms. The maximum Gasteiger partial charge on any atom is 0.331 e. The van der Waals surface area contributed by atoms with E-state index in [4.69, 9.17) is 16.3 Å². The van der Waals surface area contributed by atoms with Gasteiger partial charge in [0.05, 0.1) is 10.7 Å². The summed E-state index contributed by atoms with van der Waals surface area (Å²) < 4.78 is 4.89. The third kappa shape index (κ3) is 5.60. The van der Waals surface area contributed by atoms with E-state index in [1.165, 1.54) is 6.08 Å². The number of carbonyl (C=O) groups excluding carboxylic acids is 2. The van der Waals surface area contributed by atoms with Crippen molar-refractivity contribution in [2.75, 3.05) is 11.9 Å². The molecule has 0 aliphatic rings. The standard InChI is InChI=1S/C18H16ClNO3/c1-13-5-4-6-14(11-13)9-10-18(22)23-12-17(21)20-16-8-3-2-7-15(16)19/h2-11H,12H2,1H3,(H,20,21)/b10-9+. The lowest BCUT2D eigenvalue weighted by Gasteiger charge is -2.06. The van der Waals surface area contributed by atoms with Gasteiger partial charge in [-0.3, -0.25) is 4.79 Å². The number of esters is 1. The average molecular weight is 330 g/mol. The summed E-state index contributed by atoms with van der Waals surface area (Å²) in [6.07, 6.45) is 2.93. The molecule has 0 spiro atoms. The van der Waals surface area contributed by atoms with Gasteiger partial charge in [0.2, 0.25) is 0 Å². The zero-order valence-electron chi connectivity index (χ0n) is 12.6. The van der Waals surface area contributed by atoms with Crippen LogP contribution in [0.25, 0.3) is 6.08 Å². The maximum atomic E-state index is 11.7. The third-order valence-electron chi connectivity index (χ3n) is 2.95. The van der Waals surface area contributed by atoms with E-state index in [2.05, 4.69) is 5.32 Å². The van der Waals surface area contributed by atoms with Crippen LogP contribution < -0.4 is 5.32 Å². The summed E-state index contributed by atoms with van der Waals surface area (Å²) in [5, 5.41) is 3.00. The summed E-state index contributed by atoms with van der Waals surface area (Å²) in [5.74, 6) is -1.03. The van der Waals surface area contributed by atoms with E-state index in [1.54, 1.807) is 30.3 Å². The topological polar surface area (TPSA) is 55.4 Å². The lowest BCUT2D eigenvalue weighted by Crippen LogP contribution is -2.20. The van der Waals surface area contributed by atoms with Crippen molar-refractivity contribution >= 4 is 35.2 Å². The van der Waals surface area contributed by atoms with E-state index in [9.17, 15) is 9.59 Å². The first-order valence-corrected chi connectivity index (χ1v) is 7.38. The Morgan fingerprint density at radius 2 is 1.96 bits per heavy atom. The number of rotatable bonds is 5. The van der Waals surface area contributed by atoms with E-state index in [1.807, 2.05) is 31.2 Å². The van der Waals surface area contributed by atoms with Gasteiger partial charge in [-0.05, 0) is 30.7 Å². The van der Waals surface area contributed by atoms with Gasteiger partial charge in [0.15, 0.2) is 6.61 Å². The molecule has 1 N–H and O–H groups in total. The van der Waals surface area contributed by atoms with Crippen LogP contribution in [0.4, 0.5) is 5.69 Å². The fourth-order valence-corrected chi connectivity index (χ4v) is 2.05. The second-order valence-electron chi connectivity index (χ2n) is 4.88. The number of carbonyl (C=O) groups is 2. The van der Waals surface area contributed by atoms with Crippen LogP contribution in [0.3, 0.4) is 0 Å². The summed E-state index contributed by atoms with van der Waals surface area (Å²) in [6.45, 7) is 1.59. The molecule has 0 unspecified atom stereocenters. The second kappa shape index (κ2) is 8.15. The Hall–Kier alpha value is -2.59. The molecule has 0 heterocycles. The number of hydrogen-bond donors (Lipinski definition) is 1. The normalized spacial score (nSPS) is 10.5. The smallest absolute Gasteiger partial charge is 0.331 e. The molecule has 23 heavy (non-hydrogen) atoms. The fourth-order valence-electron chi connectivity index (χ4n) is 1.87. The van der Waals surface area contributed by atoms with Gasteiger partial charge >= 0.3 is 5.97 Å². The first-order valence-electron chi connectivity index (χ1n) is 7.00. The molecule has 4 nitrogen and oxygen atoms in total. The molecule has 0 atom stereocenters. The zero-order chi connectivity index (χ0) is 16.7. The van der Waals surface area contributed by atoms with Crippen LogP contribution in [-0.2, 0) is 14.3 Å². The zero-order valence-corrected chi connectivity index (χ0v) is 13.3. The number of hydrogen-bond acceptors (Lipinski definition) is 3. The number of aryl methyl sites for hydroxylation is 1. The molecule has 0 fully saturated rings. The van der Waals surface area contributed by atoms with Crippen molar-refractivity contribution in [2.24, 2.45) is 0 Å². The molecule has 2 rings (SSSR count). The van der Waals surface area contributed by atoms with E-state index in [-0.39, 0.29) is 6.61 Å². The largest absolute Gasteiger partial charge is 0.452 e. The molecule has 2 aromatic carbocycles. The highest BCUT2D eigenvalue weighted by molar-refractivity contribution is 6.33. The minimum Gasteiger partial charge on any atom is -0.452 e.